The molecular weight excluding hydrogens is 636 g/mol. The van der Waals surface area contributed by atoms with Crippen molar-refractivity contribution in [2.45, 2.75) is 232 Å². The summed E-state index contributed by atoms with van der Waals surface area (Å²) in [5, 5.41) is 0. The number of allylic oxidation sites excluding steroid dienone is 4. The van der Waals surface area contributed by atoms with E-state index in [0.717, 1.165) is 70.6 Å². The van der Waals surface area contributed by atoms with Gasteiger partial charge >= 0.3 is 17.9 Å². The van der Waals surface area contributed by atoms with Crippen LogP contribution >= 0.6 is 0 Å². The lowest BCUT2D eigenvalue weighted by atomic mass is 10.0. The van der Waals surface area contributed by atoms with Gasteiger partial charge in [0.25, 0.3) is 0 Å². The first-order valence-electron chi connectivity index (χ1n) is 21.8. The molecule has 0 fully saturated rings. The molecule has 51 heavy (non-hydrogen) atoms. The van der Waals surface area contributed by atoms with E-state index in [1.165, 1.54) is 116 Å². The highest BCUT2D eigenvalue weighted by atomic mass is 16.6. The maximum atomic E-state index is 12.6. The Kier molecular flexibility index (Phi) is 39.0. The fraction of sp³-hybridized carbons (Fsp3) is 0.844. The minimum absolute atomic E-state index is 0.0776. The number of carbonyl (C=O) groups excluding carboxylic acids is 3. The predicted octanol–water partition coefficient (Wildman–Crippen LogP) is 13.6. The molecule has 0 amide bonds. The second kappa shape index (κ2) is 40.7. The topological polar surface area (TPSA) is 78.9 Å². The molecule has 1 unspecified atom stereocenters. The number of ether oxygens (including phenoxy) is 3. The Morgan fingerprint density at radius 3 is 1.18 bits per heavy atom. The third kappa shape index (κ3) is 38.9. The van der Waals surface area contributed by atoms with Crippen molar-refractivity contribution in [2.75, 3.05) is 13.2 Å². The minimum Gasteiger partial charge on any atom is -0.462 e. The predicted molar refractivity (Wildman–Crippen MR) is 215 cm³/mol. The van der Waals surface area contributed by atoms with E-state index in [9.17, 15) is 14.4 Å². The van der Waals surface area contributed by atoms with Gasteiger partial charge in [0.1, 0.15) is 13.2 Å². The molecule has 0 aromatic rings. The zero-order chi connectivity index (χ0) is 37.3. The molecule has 0 rings (SSSR count). The molecule has 0 saturated heterocycles. The van der Waals surface area contributed by atoms with E-state index in [1.807, 2.05) is 0 Å². The van der Waals surface area contributed by atoms with Crippen LogP contribution in [0.4, 0.5) is 0 Å². The standard InChI is InChI=1S/C45H82O6/c1-4-7-10-13-16-19-21-22-23-24-27-29-32-35-38-44(47)50-41-42(40-49-43(46)37-34-31-28-25-18-15-12-9-6-3)51-45(48)39-36-33-30-26-20-17-14-11-8-5-2/h9,12,18,25,42H,4-8,10-11,13-17,19-24,26-41H2,1-3H3/b12-9-,25-18-. The number of carbonyl (C=O) groups is 3. The highest BCUT2D eigenvalue weighted by Crippen LogP contribution is 2.15. The smallest absolute Gasteiger partial charge is 0.306 e. The van der Waals surface area contributed by atoms with Crippen LogP contribution in [0.2, 0.25) is 0 Å². The molecule has 0 bridgehead atoms. The molecule has 298 valence electrons. The van der Waals surface area contributed by atoms with Gasteiger partial charge in [-0.2, -0.15) is 0 Å². The van der Waals surface area contributed by atoms with Gasteiger partial charge in [0.05, 0.1) is 0 Å². The average Bonchev–Trinajstić information content (AvgIpc) is 3.12. The zero-order valence-corrected chi connectivity index (χ0v) is 33.9. The van der Waals surface area contributed by atoms with Gasteiger partial charge in [-0.3, -0.25) is 14.4 Å². The van der Waals surface area contributed by atoms with Gasteiger partial charge in [0.2, 0.25) is 0 Å². The lowest BCUT2D eigenvalue weighted by molar-refractivity contribution is -0.167. The first-order valence-corrected chi connectivity index (χ1v) is 21.8. The molecule has 0 aliphatic rings. The molecule has 0 spiro atoms. The first kappa shape index (κ1) is 48.9. The number of hydrogen-bond acceptors (Lipinski definition) is 6. The van der Waals surface area contributed by atoms with Gasteiger partial charge in [-0.15, -0.1) is 0 Å². The summed E-state index contributed by atoms with van der Waals surface area (Å²) >= 11 is 0. The van der Waals surface area contributed by atoms with E-state index in [1.54, 1.807) is 0 Å². The van der Waals surface area contributed by atoms with Crippen molar-refractivity contribution in [3.8, 4) is 0 Å². The number of rotatable bonds is 39. The highest BCUT2D eigenvalue weighted by molar-refractivity contribution is 5.71. The van der Waals surface area contributed by atoms with Gasteiger partial charge in [0.15, 0.2) is 6.10 Å². The minimum atomic E-state index is -0.774. The van der Waals surface area contributed by atoms with Crippen LogP contribution in [0.1, 0.15) is 226 Å². The second-order valence-corrected chi connectivity index (χ2v) is 14.6. The summed E-state index contributed by atoms with van der Waals surface area (Å²) in [6.45, 7) is 6.47. The highest BCUT2D eigenvalue weighted by Gasteiger charge is 2.19. The van der Waals surface area contributed by atoms with Crippen LogP contribution in [0.5, 0.6) is 0 Å². The van der Waals surface area contributed by atoms with E-state index in [2.05, 4.69) is 45.1 Å². The molecule has 0 saturated carbocycles. The first-order chi connectivity index (χ1) is 25.0. The van der Waals surface area contributed by atoms with Gasteiger partial charge in [-0.25, -0.2) is 0 Å². The zero-order valence-electron chi connectivity index (χ0n) is 33.9. The number of hydrogen-bond donors (Lipinski definition) is 0. The van der Waals surface area contributed by atoms with Crippen LogP contribution < -0.4 is 0 Å². The lowest BCUT2D eigenvalue weighted by Crippen LogP contribution is -2.30. The summed E-state index contributed by atoms with van der Waals surface area (Å²) in [4.78, 5) is 37.5. The lowest BCUT2D eigenvalue weighted by Gasteiger charge is -2.18. The quantitative estimate of drug-likeness (QED) is 0.0272. The molecule has 0 aromatic heterocycles. The molecule has 6 heteroatoms. The fourth-order valence-electron chi connectivity index (χ4n) is 6.18. The average molecular weight is 719 g/mol. The number of esters is 3. The number of unbranched alkanes of at least 4 members (excludes halogenated alkanes) is 24. The van der Waals surface area contributed by atoms with Crippen LogP contribution in [0.25, 0.3) is 0 Å². The van der Waals surface area contributed by atoms with Gasteiger partial charge < -0.3 is 14.2 Å². The SMILES string of the molecule is CC/C=C\C/C=C\CCCCC(=O)OCC(COC(=O)CCCCCCCCCCCCCCCC)OC(=O)CCCCCCCCCCCC. The Morgan fingerprint density at radius 1 is 0.412 bits per heavy atom. The van der Waals surface area contributed by atoms with E-state index in [0.29, 0.717) is 19.3 Å². The van der Waals surface area contributed by atoms with Crippen LogP contribution in [0, 0.1) is 0 Å². The van der Waals surface area contributed by atoms with E-state index in [4.69, 9.17) is 14.2 Å². The van der Waals surface area contributed by atoms with Crippen molar-refractivity contribution in [3.05, 3.63) is 24.3 Å². The van der Waals surface area contributed by atoms with Gasteiger partial charge in [0, 0.05) is 19.3 Å². The molecule has 1 atom stereocenters. The Balaban J connectivity index is 4.33. The van der Waals surface area contributed by atoms with Gasteiger partial charge in [-0.1, -0.05) is 186 Å². The van der Waals surface area contributed by atoms with Crippen molar-refractivity contribution < 1.29 is 28.6 Å². The van der Waals surface area contributed by atoms with E-state index in [-0.39, 0.29) is 31.1 Å². The Bertz CT molecular complexity index is 835. The molecule has 0 aliphatic carbocycles. The summed E-state index contributed by atoms with van der Waals surface area (Å²) < 4.78 is 16.6. The maximum Gasteiger partial charge on any atom is 0.306 e. The van der Waals surface area contributed by atoms with Crippen molar-refractivity contribution >= 4 is 17.9 Å². The normalized spacial score (nSPS) is 12.1. The Labute approximate surface area is 315 Å². The summed E-state index contributed by atoms with van der Waals surface area (Å²) in [5.74, 6) is -0.914. The summed E-state index contributed by atoms with van der Waals surface area (Å²) in [5.41, 5.74) is 0. The summed E-state index contributed by atoms with van der Waals surface area (Å²) in [6.07, 6.45) is 43.1. The van der Waals surface area contributed by atoms with Gasteiger partial charge in [-0.05, 0) is 44.9 Å². The van der Waals surface area contributed by atoms with Crippen molar-refractivity contribution in [2.24, 2.45) is 0 Å². The molecule has 0 N–H and O–H groups in total. The van der Waals surface area contributed by atoms with Crippen LogP contribution in [-0.2, 0) is 28.6 Å². The fourth-order valence-corrected chi connectivity index (χ4v) is 6.18. The third-order valence-electron chi connectivity index (χ3n) is 9.47. The monoisotopic (exact) mass is 719 g/mol. The largest absolute Gasteiger partial charge is 0.462 e. The second-order valence-electron chi connectivity index (χ2n) is 14.6. The summed E-state index contributed by atoms with van der Waals surface area (Å²) in [7, 11) is 0. The molecule has 0 heterocycles. The van der Waals surface area contributed by atoms with E-state index >= 15 is 0 Å². The van der Waals surface area contributed by atoms with Crippen LogP contribution in [0.15, 0.2) is 24.3 Å². The maximum absolute atomic E-state index is 12.6. The Hall–Kier alpha value is -2.11. The molecule has 6 nitrogen and oxygen atoms in total. The van der Waals surface area contributed by atoms with Crippen molar-refractivity contribution in [1.82, 2.24) is 0 Å². The molecular formula is C45H82O6. The molecule has 0 radical (unpaired) electrons. The van der Waals surface area contributed by atoms with Crippen molar-refractivity contribution in [3.63, 3.8) is 0 Å². The van der Waals surface area contributed by atoms with Crippen molar-refractivity contribution in [1.29, 1.82) is 0 Å². The van der Waals surface area contributed by atoms with Crippen LogP contribution in [0.3, 0.4) is 0 Å². The van der Waals surface area contributed by atoms with Crippen LogP contribution in [-0.4, -0.2) is 37.2 Å². The third-order valence-corrected chi connectivity index (χ3v) is 9.47. The van der Waals surface area contributed by atoms with E-state index < -0.39 is 6.10 Å². The summed E-state index contributed by atoms with van der Waals surface area (Å²) in [6, 6.07) is 0. The molecule has 0 aromatic carbocycles. The Morgan fingerprint density at radius 2 is 0.765 bits per heavy atom. The molecule has 0 aliphatic heterocycles.